The molecule has 1 aliphatic heterocycles. The quantitative estimate of drug-likeness (QED) is 0.544. The number of hydrogen-bond acceptors (Lipinski definition) is 4. The molecule has 2 aromatic rings. The number of benzene rings is 2. The molecule has 2 aromatic carbocycles. The van der Waals surface area contributed by atoms with Gasteiger partial charge in [0.1, 0.15) is 5.60 Å². The lowest BCUT2D eigenvalue weighted by molar-refractivity contribution is 0.0229. The van der Waals surface area contributed by atoms with Crippen LogP contribution in [0.3, 0.4) is 0 Å². The van der Waals surface area contributed by atoms with Gasteiger partial charge in [0.2, 0.25) is 0 Å². The summed E-state index contributed by atoms with van der Waals surface area (Å²) in [6, 6.07) is 20.7. The lowest BCUT2D eigenvalue weighted by Gasteiger charge is -2.30. The summed E-state index contributed by atoms with van der Waals surface area (Å²) in [6.07, 6.45) is 5.23. The SMILES string of the molecule is CC(C)(C)OC(=O)N1CCNCC1.O=C(NC1CCCC1)N[C@@H](Cc1ccccc1)c1ccccc1. The van der Waals surface area contributed by atoms with Crippen LogP contribution >= 0.6 is 0 Å². The number of carbonyl (C=O) groups excluding carboxylic acids is 2. The van der Waals surface area contributed by atoms with Gasteiger partial charge >= 0.3 is 12.1 Å². The molecule has 0 bridgehead atoms. The van der Waals surface area contributed by atoms with Crippen LogP contribution in [0.2, 0.25) is 0 Å². The Morgan fingerprint density at radius 2 is 1.56 bits per heavy atom. The van der Waals surface area contributed by atoms with Crippen LogP contribution in [-0.2, 0) is 11.2 Å². The standard InChI is InChI=1S/C20H24N2O.C9H18N2O2/c23-20(21-18-13-7-8-14-18)22-19(17-11-5-2-6-12-17)15-16-9-3-1-4-10-16;1-9(2,3)13-8(12)11-6-4-10-5-7-11/h1-6,9-12,18-19H,7-8,13-15H2,(H2,21,22,23);10H,4-7H2,1-3H3/t19-;/m0./s1. The molecule has 1 heterocycles. The molecule has 2 aliphatic rings. The number of hydrogen-bond donors (Lipinski definition) is 3. The number of carbonyl (C=O) groups is 2. The zero-order chi connectivity index (χ0) is 25.8. The Morgan fingerprint density at radius 3 is 2.14 bits per heavy atom. The first kappa shape index (κ1) is 27.5. The number of piperazine rings is 1. The fourth-order valence-corrected chi connectivity index (χ4v) is 4.42. The van der Waals surface area contributed by atoms with Gasteiger partial charge in [0.15, 0.2) is 0 Å². The van der Waals surface area contributed by atoms with Crippen molar-refractivity contribution < 1.29 is 14.3 Å². The molecule has 0 aromatic heterocycles. The van der Waals surface area contributed by atoms with E-state index in [1.165, 1.54) is 18.4 Å². The number of nitrogens with zero attached hydrogens (tertiary/aromatic N) is 1. The average Bonchev–Trinajstić information content (AvgIpc) is 3.38. The van der Waals surface area contributed by atoms with Gasteiger partial charge in [-0.3, -0.25) is 0 Å². The highest BCUT2D eigenvalue weighted by Gasteiger charge is 2.23. The smallest absolute Gasteiger partial charge is 0.410 e. The second-order valence-corrected chi connectivity index (χ2v) is 10.5. The van der Waals surface area contributed by atoms with E-state index in [9.17, 15) is 9.59 Å². The molecule has 4 rings (SSSR count). The van der Waals surface area contributed by atoms with Crippen LogP contribution in [0.4, 0.5) is 9.59 Å². The molecular formula is C29H42N4O3. The first-order valence-corrected chi connectivity index (χ1v) is 13.1. The summed E-state index contributed by atoms with van der Waals surface area (Å²) in [5.74, 6) is 0. The molecule has 2 fully saturated rings. The van der Waals surface area contributed by atoms with E-state index in [2.05, 4.69) is 40.2 Å². The first-order chi connectivity index (χ1) is 17.3. The molecule has 1 atom stereocenters. The van der Waals surface area contributed by atoms with Gasteiger partial charge in [0, 0.05) is 32.2 Å². The fraction of sp³-hybridized carbons (Fsp3) is 0.517. The zero-order valence-corrected chi connectivity index (χ0v) is 22.0. The Hall–Kier alpha value is -3.06. The second kappa shape index (κ2) is 13.9. The normalized spacial score (nSPS) is 16.9. The molecule has 1 saturated carbocycles. The molecule has 1 aliphatic carbocycles. The van der Waals surface area contributed by atoms with Crippen LogP contribution in [-0.4, -0.2) is 54.8 Å². The number of urea groups is 1. The highest BCUT2D eigenvalue weighted by Crippen LogP contribution is 2.20. The van der Waals surface area contributed by atoms with Crippen molar-refractivity contribution in [2.24, 2.45) is 0 Å². The van der Waals surface area contributed by atoms with Gasteiger partial charge in [-0.05, 0) is 51.2 Å². The molecule has 36 heavy (non-hydrogen) atoms. The maximum Gasteiger partial charge on any atom is 0.410 e. The number of amides is 3. The van der Waals surface area contributed by atoms with Crippen molar-refractivity contribution in [2.75, 3.05) is 26.2 Å². The molecule has 1 saturated heterocycles. The van der Waals surface area contributed by atoms with Gasteiger partial charge in [0.05, 0.1) is 6.04 Å². The monoisotopic (exact) mass is 494 g/mol. The fourth-order valence-electron chi connectivity index (χ4n) is 4.42. The van der Waals surface area contributed by atoms with Crippen molar-refractivity contribution in [3.8, 4) is 0 Å². The molecule has 7 nitrogen and oxygen atoms in total. The molecule has 196 valence electrons. The highest BCUT2D eigenvalue weighted by atomic mass is 16.6. The van der Waals surface area contributed by atoms with Gasteiger partial charge in [0.25, 0.3) is 0 Å². The average molecular weight is 495 g/mol. The van der Waals surface area contributed by atoms with Gasteiger partial charge in [-0.15, -0.1) is 0 Å². The Labute approximate surface area is 216 Å². The predicted octanol–water partition coefficient (Wildman–Crippen LogP) is 5.04. The zero-order valence-electron chi connectivity index (χ0n) is 22.0. The predicted molar refractivity (Wildman–Crippen MR) is 144 cm³/mol. The van der Waals surface area contributed by atoms with Gasteiger partial charge in [-0.1, -0.05) is 73.5 Å². The lowest BCUT2D eigenvalue weighted by Crippen LogP contribution is -2.48. The van der Waals surface area contributed by atoms with E-state index in [4.69, 9.17) is 4.74 Å². The number of rotatable bonds is 5. The minimum absolute atomic E-state index is 0.0139. The summed E-state index contributed by atoms with van der Waals surface area (Å²) in [5, 5.41) is 9.46. The molecule has 0 spiro atoms. The molecule has 0 unspecified atom stereocenters. The van der Waals surface area contributed by atoms with Crippen LogP contribution in [0, 0.1) is 0 Å². The van der Waals surface area contributed by atoms with E-state index in [0.29, 0.717) is 6.04 Å². The second-order valence-electron chi connectivity index (χ2n) is 10.5. The third-order valence-corrected chi connectivity index (χ3v) is 6.25. The summed E-state index contributed by atoms with van der Waals surface area (Å²) >= 11 is 0. The Morgan fingerprint density at radius 1 is 0.972 bits per heavy atom. The minimum atomic E-state index is -0.387. The van der Waals surface area contributed by atoms with Crippen molar-refractivity contribution in [1.82, 2.24) is 20.9 Å². The molecule has 0 radical (unpaired) electrons. The van der Waals surface area contributed by atoms with Crippen molar-refractivity contribution in [2.45, 2.75) is 70.6 Å². The van der Waals surface area contributed by atoms with E-state index < -0.39 is 0 Å². The minimum Gasteiger partial charge on any atom is -0.444 e. The molecule has 3 N–H and O–H groups in total. The van der Waals surface area contributed by atoms with Crippen molar-refractivity contribution >= 4 is 12.1 Å². The highest BCUT2D eigenvalue weighted by molar-refractivity contribution is 5.75. The summed E-state index contributed by atoms with van der Waals surface area (Å²) in [6.45, 7) is 8.86. The number of nitrogens with one attached hydrogen (secondary N) is 3. The summed E-state index contributed by atoms with van der Waals surface area (Å²) in [7, 11) is 0. The van der Waals surface area contributed by atoms with Crippen molar-refractivity contribution in [1.29, 1.82) is 0 Å². The topological polar surface area (TPSA) is 82.7 Å². The van der Waals surface area contributed by atoms with E-state index in [1.807, 2.05) is 57.2 Å². The number of ether oxygens (including phenoxy) is 1. The Balaban J connectivity index is 0.000000236. The summed E-state index contributed by atoms with van der Waals surface area (Å²) in [4.78, 5) is 25.6. The van der Waals surface area contributed by atoms with E-state index >= 15 is 0 Å². The van der Waals surface area contributed by atoms with Crippen molar-refractivity contribution in [3.05, 3.63) is 71.8 Å². The lowest BCUT2D eigenvalue weighted by atomic mass is 9.99. The maximum absolute atomic E-state index is 12.4. The third-order valence-electron chi connectivity index (χ3n) is 6.25. The molecule has 7 heteroatoms. The largest absolute Gasteiger partial charge is 0.444 e. The Kier molecular flexibility index (Phi) is 10.6. The van der Waals surface area contributed by atoms with Crippen LogP contribution in [0.1, 0.15) is 63.6 Å². The van der Waals surface area contributed by atoms with E-state index in [1.54, 1.807) is 4.90 Å². The summed E-state index contributed by atoms with van der Waals surface area (Å²) in [5.41, 5.74) is 1.97. The third kappa shape index (κ3) is 9.90. The van der Waals surface area contributed by atoms with E-state index in [-0.39, 0.29) is 23.8 Å². The summed E-state index contributed by atoms with van der Waals surface area (Å²) < 4.78 is 5.24. The van der Waals surface area contributed by atoms with E-state index in [0.717, 1.165) is 51.0 Å². The van der Waals surface area contributed by atoms with Crippen LogP contribution in [0.15, 0.2) is 60.7 Å². The van der Waals surface area contributed by atoms with Crippen LogP contribution in [0.5, 0.6) is 0 Å². The van der Waals surface area contributed by atoms with Crippen molar-refractivity contribution in [3.63, 3.8) is 0 Å². The van der Waals surface area contributed by atoms with Gasteiger partial charge < -0.3 is 25.6 Å². The van der Waals surface area contributed by atoms with Crippen LogP contribution < -0.4 is 16.0 Å². The Bertz CT molecular complexity index is 919. The first-order valence-electron chi connectivity index (χ1n) is 13.1. The molecule has 3 amide bonds. The van der Waals surface area contributed by atoms with Crippen LogP contribution in [0.25, 0.3) is 0 Å². The van der Waals surface area contributed by atoms with Gasteiger partial charge in [-0.2, -0.15) is 0 Å². The maximum atomic E-state index is 12.4. The molecular weight excluding hydrogens is 452 g/mol. The van der Waals surface area contributed by atoms with Gasteiger partial charge in [-0.25, -0.2) is 9.59 Å².